The standard InChI is InChI=1S/C11H12N2O2.C5H11NO/c12-9(11(14)15)5-7-6-13-10-4-2-1-3-8(7)10;1-6-2-4-7-5-3-6/h1-4,6,9,13H,5,12H2,(H,14,15);2-5H2,1H3/t9-;/m1./s1. The number of hydrogen-bond acceptors (Lipinski definition) is 4. The molecule has 6 heteroatoms. The Morgan fingerprint density at radius 1 is 1.41 bits per heavy atom. The molecule has 6 nitrogen and oxygen atoms in total. The van der Waals surface area contributed by atoms with Crippen LogP contribution in [-0.2, 0) is 16.0 Å². The predicted molar refractivity (Wildman–Crippen MR) is 85.9 cm³/mol. The molecule has 0 radical (unpaired) electrons. The quantitative estimate of drug-likeness (QED) is 0.789. The number of benzene rings is 1. The summed E-state index contributed by atoms with van der Waals surface area (Å²) in [5, 5.41) is 9.75. The van der Waals surface area contributed by atoms with Gasteiger partial charge < -0.3 is 25.5 Å². The molecule has 1 aromatic carbocycles. The Morgan fingerprint density at radius 3 is 2.68 bits per heavy atom. The molecule has 2 aromatic rings. The van der Waals surface area contributed by atoms with Gasteiger partial charge in [0.2, 0.25) is 0 Å². The summed E-state index contributed by atoms with van der Waals surface area (Å²) in [7, 11) is 2.11. The number of hydrogen-bond donors (Lipinski definition) is 3. The number of nitrogens with zero attached hydrogens (tertiary/aromatic N) is 1. The van der Waals surface area contributed by atoms with Gasteiger partial charge in [-0.1, -0.05) is 18.2 Å². The van der Waals surface area contributed by atoms with Gasteiger partial charge in [0, 0.05) is 36.6 Å². The van der Waals surface area contributed by atoms with Crippen molar-refractivity contribution in [3.8, 4) is 0 Å². The molecule has 0 saturated carbocycles. The predicted octanol–water partition coefficient (Wildman–Crippen LogP) is 1.07. The van der Waals surface area contributed by atoms with Crippen molar-refractivity contribution in [2.24, 2.45) is 5.73 Å². The van der Waals surface area contributed by atoms with E-state index < -0.39 is 12.0 Å². The minimum Gasteiger partial charge on any atom is -0.480 e. The molecule has 1 aromatic heterocycles. The van der Waals surface area contributed by atoms with E-state index in [-0.39, 0.29) is 0 Å². The third-order valence-corrected chi connectivity index (χ3v) is 3.67. The largest absolute Gasteiger partial charge is 0.480 e. The second-order valence-electron chi connectivity index (χ2n) is 5.42. The van der Waals surface area contributed by atoms with Gasteiger partial charge in [-0.05, 0) is 18.7 Å². The molecule has 4 N–H and O–H groups in total. The van der Waals surface area contributed by atoms with Gasteiger partial charge in [0.15, 0.2) is 0 Å². The molecule has 1 fully saturated rings. The number of carboxylic acids is 1. The van der Waals surface area contributed by atoms with Crippen molar-refractivity contribution in [2.45, 2.75) is 12.5 Å². The highest BCUT2D eigenvalue weighted by molar-refractivity contribution is 5.84. The molecule has 0 spiro atoms. The highest BCUT2D eigenvalue weighted by Crippen LogP contribution is 2.18. The van der Waals surface area contributed by atoms with Gasteiger partial charge in [-0.15, -0.1) is 0 Å². The molecular formula is C16H23N3O3. The number of nitrogens with two attached hydrogens (primary N) is 1. The molecule has 0 unspecified atom stereocenters. The zero-order valence-corrected chi connectivity index (χ0v) is 12.8. The average Bonchev–Trinajstić information content (AvgIpc) is 2.92. The number of nitrogens with one attached hydrogen (secondary N) is 1. The van der Waals surface area contributed by atoms with Crippen molar-refractivity contribution in [3.05, 3.63) is 36.0 Å². The molecule has 2 heterocycles. The van der Waals surface area contributed by atoms with Crippen LogP contribution in [0.1, 0.15) is 5.56 Å². The minimum atomic E-state index is -0.972. The molecule has 1 atom stereocenters. The van der Waals surface area contributed by atoms with E-state index in [1.165, 1.54) is 0 Å². The molecular weight excluding hydrogens is 282 g/mol. The molecule has 22 heavy (non-hydrogen) atoms. The van der Waals surface area contributed by atoms with E-state index in [2.05, 4.69) is 16.9 Å². The number of aromatic amines is 1. The van der Waals surface area contributed by atoms with E-state index in [4.69, 9.17) is 15.6 Å². The van der Waals surface area contributed by atoms with Crippen LogP contribution in [0.3, 0.4) is 0 Å². The van der Waals surface area contributed by atoms with Crippen molar-refractivity contribution in [2.75, 3.05) is 33.4 Å². The third-order valence-electron chi connectivity index (χ3n) is 3.67. The van der Waals surface area contributed by atoms with E-state index in [1.807, 2.05) is 30.5 Å². The van der Waals surface area contributed by atoms with Crippen LogP contribution in [0.2, 0.25) is 0 Å². The second-order valence-corrected chi connectivity index (χ2v) is 5.42. The van der Waals surface area contributed by atoms with Gasteiger partial charge in [0.05, 0.1) is 13.2 Å². The Hall–Kier alpha value is -1.89. The maximum atomic E-state index is 10.6. The molecule has 1 saturated heterocycles. The fourth-order valence-electron chi connectivity index (χ4n) is 2.28. The van der Waals surface area contributed by atoms with E-state index in [0.29, 0.717) is 6.42 Å². The number of aromatic nitrogens is 1. The highest BCUT2D eigenvalue weighted by Gasteiger charge is 2.14. The zero-order valence-electron chi connectivity index (χ0n) is 12.8. The van der Waals surface area contributed by atoms with Crippen LogP contribution >= 0.6 is 0 Å². The molecule has 1 aliphatic heterocycles. The van der Waals surface area contributed by atoms with Gasteiger partial charge in [0.25, 0.3) is 0 Å². The van der Waals surface area contributed by atoms with Crippen LogP contribution in [0.15, 0.2) is 30.5 Å². The summed E-state index contributed by atoms with van der Waals surface area (Å²) in [6.07, 6.45) is 2.16. The maximum absolute atomic E-state index is 10.6. The first-order valence-corrected chi connectivity index (χ1v) is 7.37. The van der Waals surface area contributed by atoms with Crippen molar-refractivity contribution in [1.82, 2.24) is 9.88 Å². The first-order chi connectivity index (χ1) is 10.6. The summed E-state index contributed by atoms with van der Waals surface area (Å²) < 4.78 is 5.10. The summed E-state index contributed by atoms with van der Waals surface area (Å²) in [4.78, 5) is 16.0. The molecule has 1 aliphatic rings. The number of para-hydroxylation sites is 1. The first kappa shape index (κ1) is 16.5. The number of likely N-dealkylation sites (N-methyl/N-ethyl adjacent to an activating group) is 1. The van der Waals surface area contributed by atoms with Crippen LogP contribution < -0.4 is 5.73 Å². The maximum Gasteiger partial charge on any atom is 0.320 e. The summed E-state index contributed by atoms with van der Waals surface area (Å²) in [5.74, 6) is -0.972. The molecule has 120 valence electrons. The number of morpholine rings is 1. The second kappa shape index (κ2) is 7.93. The smallest absolute Gasteiger partial charge is 0.320 e. The lowest BCUT2D eigenvalue weighted by Crippen LogP contribution is -2.32. The van der Waals surface area contributed by atoms with E-state index in [9.17, 15) is 4.79 Å². The zero-order chi connectivity index (χ0) is 15.9. The lowest BCUT2D eigenvalue weighted by atomic mass is 10.1. The lowest BCUT2D eigenvalue weighted by Gasteiger charge is -2.21. The number of carboxylic acid groups (broad SMARTS) is 1. The summed E-state index contributed by atoms with van der Waals surface area (Å²) >= 11 is 0. The fourth-order valence-corrected chi connectivity index (χ4v) is 2.28. The first-order valence-electron chi connectivity index (χ1n) is 7.37. The molecule has 0 amide bonds. The van der Waals surface area contributed by atoms with Gasteiger partial charge in [0.1, 0.15) is 6.04 Å². The highest BCUT2D eigenvalue weighted by atomic mass is 16.5. The van der Waals surface area contributed by atoms with Gasteiger partial charge in [-0.25, -0.2) is 0 Å². The van der Waals surface area contributed by atoms with Crippen molar-refractivity contribution in [1.29, 1.82) is 0 Å². The van der Waals surface area contributed by atoms with E-state index >= 15 is 0 Å². The van der Waals surface area contributed by atoms with Gasteiger partial charge >= 0.3 is 5.97 Å². The van der Waals surface area contributed by atoms with Crippen LogP contribution in [0.4, 0.5) is 0 Å². The number of H-pyrrole nitrogens is 1. The number of fused-ring (bicyclic) bond motifs is 1. The third kappa shape index (κ3) is 4.56. The monoisotopic (exact) mass is 305 g/mol. The van der Waals surface area contributed by atoms with E-state index in [0.717, 1.165) is 42.8 Å². The summed E-state index contributed by atoms with van der Waals surface area (Å²) in [6.45, 7) is 4.02. The number of aliphatic carboxylic acids is 1. The topological polar surface area (TPSA) is 91.6 Å². The Bertz CT molecular complexity index is 605. The Labute approximate surface area is 129 Å². The lowest BCUT2D eigenvalue weighted by molar-refractivity contribution is -0.138. The Balaban J connectivity index is 0.000000211. The van der Waals surface area contributed by atoms with Gasteiger partial charge in [-0.3, -0.25) is 4.79 Å². The number of ether oxygens (including phenoxy) is 1. The normalized spacial score (nSPS) is 16.8. The van der Waals surface area contributed by atoms with E-state index in [1.54, 1.807) is 0 Å². The van der Waals surface area contributed by atoms with Crippen LogP contribution in [0.5, 0.6) is 0 Å². The number of rotatable bonds is 3. The van der Waals surface area contributed by atoms with Crippen LogP contribution in [-0.4, -0.2) is 60.4 Å². The van der Waals surface area contributed by atoms with Crippen LogP contribution in [0, 0.1) is 0 Å². The molecule has 0 aliphatic carbocycles. The van der Waals surface area contributed by atoms with Gasteiger partial charge in [-0.2, -0.15) is 0 Å². The SMILES string of the molecule is CN1CCOCC1.N[C@H](Cc1c[nH]c2ccccc12)C(=O)O. The molecule has 0 bridgehead atoms. The van der Waals surface area contributed by atoms with Crippen molar-refractivity contribution < 1.29 is 14.6 Å². The van der Waals surface area contributed by atoms with Crippen molar-refractivity contribution >= 4 is 16.9 Å². The summed E-state index contributed by atoms with van der Waals surface area (Å²) in [6, 6.07) is 6.91. The summed E-state index contributed by atoms with van der Waals surface area (Å²) in [5.41, 5.74) is 7.43. The number of carbonyl (C=O) groups is 1. The van der Waals surface area contributed by atoms with Crippen molar-refractivity contribution in [3.63, 3.8) is 0 Å². The average molecular weight is 305 g/mol. The Morgan fingerprint density at radius 2 is 2.09 bits per heavy atom. The molecule has 3 rings (SSSR count). The van der Waals surface area contributed by atoms with Crippen LogP contribution in [0.25, 0.3) is 10.9 Å². The Kier molecular flexibility index (Phi) is 5.94. The minimum absolute atomic E-state index is 0.347. The fraction of sp³-hybridized carbons (Fsp3) is 0.438.